The Labute approximate surface area is 150 Å². The number of benzene rings is 1. The number of rotatable bonds is 4. The zero-order valence-corrected chi connectivity index (χ0v) is 14.9. The molecule has 3 rings (SSSR count). The summed E-state index contributed by atoms with van der Waals surface area (Å²) < 4.78 is 5.68. The van der Waals surface area contributed by atoms with Crippen molar-refractivity contribution >= 4 is 49.9 Å². The highest BCUT2D eigenvalue weighted by atomic mass is 79.9. The first-order valence-electron chi connectivity index (χ1n) is 6.89. The number of halogens is 1. The van der Waals surface area contributed by atoms with Crippen molar-refractivity contribution in [3.05, 3.63) is 64.0 Å². The third kappa shape index (κ3) is 3.55. The van der Waals surface area contributed by atoms with Gasteiger partial charge in [0.05, 0.1) is 0 Å². The van der Waals surface area contributed by atoms with Gasteiger partial charge in [0.2, 0.25) is 0 Å². The van der Waals surface area contributed by atoms with Crippen molar-refractivity contribution in [2.45, 2.75) is 0 Å². The van der Waals surface area contributed by atoms with Crippen LogP contribution in [0.3, 0.4) is 0 Å². The maximum atomic E-state index is 12.5. The Morgan fingerprint density at radius 3 is 2.79 bits per heavy atom. The third-order valence-corrected chi connectivity index (χ3v) is 4.45. The fraction of sp³-hybridized carbons (Fsp3) is 0.0625. The number of thiazole rings is 1. The maximum absolute atomic E-state index is 12.5. The number of hydrogen-bond acceptors (Lipinski definition) is 5. The lowest BCUT2D eigenvalue weighted by molar-refractivity contribution is 0.0984. The first-order chi connectivity index (χ1) is 11.5. The van der Waals surface area contributed by atoms with Gasteiger partial charge in [0.15, 0.2) is 15.6 Å². The number of hydrogen-bond donors (Lipinski definition) is 1. The van der Waals surface area contributed by atoms with E-state index in [4.69, 9.17) is 4.42 Å². The van der Waals surface area contributed by atoms with Crippen molar-refractivity contribution in [2.24, 2.45) is 0 Å². The van der Waals surface area contributed by atoms with Crippen LogP contribution >= 0.6 is 27.3 Å². The molecule has 0 radical (unpaired) electrons. The molecule has 0 aliphatic rings. The van der Waals surface area contributed by atoms with E-state index in [1.807, 2.05) is 0 Å². The van der Waals surface area contributed by atoms with E-state index in [1.54, 1.807) is 55.0 Å². The van der Waals surface area contributed by atoms with Crippen LogP contribution in [0.25, 0.3) is 0 Å². The number of nitrogens with zero attached hydrogens (tertiary/aromatic N) is 2. The Morgan fingerprint density at radius 1 is 1.29 bits per heavy atom. The first kappa shape index (κ1) is 16.4. The molecule has 1 N–H and O–H groups in total. The van der Waals surface area contributed by atoms with Gasteiger partial charge in [0, 0.05) is 29.9 Å². The summed E-state index contributed by atoms with van der Waals surface area (Å²) >= 11 is 4.53. The molecule has 0 aliphatic heterocycles. The Bertz CT molecular complexity index is 876. The monoisotopic (exact) mass is 405 g/mol. The largest absolute Gasteiger partial charge is 0.444 e. The second-order valence-corrected chi connectivity index (χ2v) is 6.47. The van der Waals surface area contributed by atoms with E-state index in [2.05, 4.69) is 26.2 Å². The number of anilines is 2. The lowest BCUT2D eigenvalue weighted by Gasteiger charge is -2.14. The van der Waals surface area contributed by atoms with Gasteiger partial charge in [-0.05, 0) is 46.3 Å². The predicted molar refractivity (Wildman–Crippen MR) is 95.7 cm³/mol. The molecule has 1 aromatic carbocycles. The Morgan fingerprint density at radius 2 is 2.12 bits per heavy atom. The molecule has 8 heteroatoms. The van der Waals surface area contributed by atoms with Crippen molar-refractivity contribution in [1.82, 2.24) is 4.98 Å². The smallest absolute Gasteiger partial charge is 0.291 e. The molecule has 24 heavy (non-hydrogen) atoms. The van der Waals surface area contributed by atoms with Crippen molar-refractivity contribution in [2.75, 3.05) is 17.3 Å². The summed E-state index contributed by atoms with van der Waals surface area (Å²) in [5.41, 5.74) is 0.956. The number of aromatic nitrogens is 1. The molecule has 0 fully saturated rings. The van der Waals surface area contributed by atoms with Crippen molar-refractivity contribution in [3.63, 3.8) is 0 Å². The van der Waals surface area contributed by atoms with E-state index < -0.39 is 5.91 Å². The van der Waals surface area contributed by atoms with Crippen LogP contribution in [0.2, 0.25) is 0 Å². The van der Waals surface area contributed by atoms with Gasteiger partial charge >= 0.3 is 0 Å². The maximum Gasteiger partial charge on any atom is 0.291 e. The minimum absolute atomic E-state index is 0.179. The van der Waals surface area contributed by atoms with E-state index in [1.165, 1.54) is 16.2 Å². The van der Waals surface area contributed by atoms with Gasteiger partial charge in [0.1, 0.15) is 0 Å². The van der Waals surface area contributed by atoms with Crippen LogP contribution < -0.4 is 10.2 Å². The van der Waals surface area contributed by atoms with Crippen molar-refractivity contribution in [1.29, 1.82) is 0 Å². The normalized spacial score (nSPS) is 10.4. The average Bonchev–Trinajstić information content (AvgIpc) is 3.25. The molecule has 0 bridgehead atoms. The second-order valence-electron chi connectivity index (χ2n) is 4.82. The molecule has 0 atom stereocenters. The summed E-state index contributed by atoms with van der Waals surface area (Å²) in [5, 5.41) is 5.11. The predicted octanol–water partition coefficient (Wildman–Crippen LogP) is 4.03. The highest BCUT2D eigenvalue weighted by Gasteiger charge is 2.17. The van der Waals surface area contributed by atoms with Crippen LogP contribution in [-0.2, 0) is 0 Å². The topological polar surface area (TPSA) is 75.4 Å². The SMILES string of the molecule is CN(C(=O)c1cccc(NC(=O)c2ccc(Br)o2)c1)c1nccs1. The number of nitrogens with one attached hydrogen (secondary N) is 1. The quantitative estimate of drug-likeness (QED) is 0.710. The third-order valence-electron chi connectivity index (χ3n) is 3.18. The summed E-state index contributed by atoms with van der Waals surface area (Å²) in [6.45, 7) is 0. The summed E-state index contributed by atoms with van der Waals surface area (Å²) in [7, 11) is 1.66. The Kier molecular flexibility index (Phi) is 4.77. The van der Waals surface area contributed by atoms with E-state index in [-0.39, 0.29) is 11.7 Å². The Balaban J connectivity index is 1.76. The molecule has 0 aliphatic carbocycles. The van der Waals surface area contributed by atoms with Gasteiger partial charge in [-0.3, -0.25) is 14.5 Å². The second kappa shape index (κ2) is 6.98. The molecule has 3 aromatic rings. The van der Waals surface area contributed by atoms with Gasteiger partial charge in [-0.25, -0.2) is 4.98 Å². The minimum Gasteiger partial charge on any atom is -0.444 e. The summed E-state index contributed by atoms with van der Waals surface area (Å²) in [5.74, 6) is -0.418. The molecule has 2 heterocycles. The first-order valence-corrected chi connectivity index (χ1v) is 8.56. The molecule has 0 spiro atoms. The zero-order chi connectivity index (χ0) is 17.1. The molecule has 0 saturated heterocycles. The number of carbonyl (C=O) groups is 2. The van der Waals surface area contributed by atoms with Gasteiger partial charge in [-0.15, -0.1) is 11.3 Å². The van der Waals surface area contributed by atoms with Gasteiger partial charge < -0.3 is 9.73 Å². The molecule has 6 nitrogen and oxygen atoms in total. The standard InChI is InChI=1S/C16H12BrN3O3S/c1-20(16-18-7-8-24-16)15(22)10-3-2-4-11(9-10)19-14(21)12-5-6-13(17)23-12/h2-9H,1H3,(H,19,21). The zero-order valence-electron chi connectivity index (χ0n) is 12.5. The molecular formula is C16H12BrN3O3S. The molecule has 0 unspecified atom stereocenters. The van der Waals surface area contributed by atoms with E-state index >= 15 is 0 Å². The molecule has 2 amide bonds. The number of carbonyl (C=O) groups excluding carboxylic acids is 2. The van der Waals surface area contributed by atoms with Gasteiger partial charge in [-0.1, -0.05) is 6.07 Å². The van der Waals surface area contributed by atoms with E-state index in [0.717, 1.165) is 0 Å². The number of amides is 2. The molecule has 122 valence electrons. The van der Waals surface area contributed by atoms with Gasteiger partial charge in [0.25, 0.3) is 11.8 Å². The summed E-state index contributed by atoms with van der Waals surface area (Å²) in [4.78, 5) is 30.2. The van der Waals surface area contributed by atoms with Crippen LogP contribution in [0.15, 0.2) is 57.1 Å². The Hall–Kier alpha value is -2.45. The average molecular weight is 406 g/mol. The number of furan rings is 1. The highest BCUT2D eigenvalue weighted by molar-refractivity contribution is 9.10. The highest BCUT2D eigenvalue weighted by Crippen LogP contribution is 2.20. The van der Waals surface area contributed by atoms with Crippen LogP contribution in [0.1, 0.15) is 20.9 Å². The molecule has 2 aromatic heterocycles. The van der Waals surface area contributed by atoms with E-state index in [9.17, 15) is 9.59 Å². The fourth-order valence-corrected chi connectivity index (χ4v) is 2.93. The minimum atomic E-state index is -0.390. The lowest BCUT2D eigenvalue weighted by Crippen LogP contribution is -2.26. The lowest BCUT2D eigenvalue weighted by atomic mass is 10.2. The molecule has 0 saturated carbocycles. The molecular weight excluding hydrogens is 394 g/mol. The summed E-state index contributed by atoms with van der Waals surface area (Å²) in [6, 6.07) is 9.91. The van der Waals surface area contributed by atoms with Crippen LogP contribution in [0.5, 0.6) is 0 Å². The van der Waals surface area contributed by atoms with Crippen LogP contribution in [0, 0.1) is 0 Å². The summed E-state index contributed by atoms with van der Waals surface area (Å²) in [6.07, 6.45) is 1.64. The van der Waals surface area contributed by atoms with Crippen LogP contribution in [0.4, 0.5) is 10.8 Å². The van der Waals surface area contributed by atoms with Gasteiger partial charge in [-0.2, -0.15) is 0 Å². The van der Waals surface area contributed by atoms with Crippen LogP contribution in [-0.4, -0.2) is 23.8 Å². The van der Waals surface area contributed by atoms with Crippen molar-refractivity contribution in [3.8, 4) is 0 Å². The van der Waals surface area contributed by atoms with Crippen molar-refractivity contribution < 1.29 is 14.0 Å². The fourth-order valence-electron chi connectivity index (χ4n) is 2.02. The van der Waals surface area contributed by atoms with E-state index in [0.29, 0.717) is 21.1 Å².